The van der Waals surface area contributed by atoms with Gasteiger partial charge in [0.25, 0.3) is 11.8 Å². The lowest BCUT2D eigenvalue weighted by Gasteiger charge is -2.14. The molecule has 119 heavy (non-hydrogen) atoms. The van der Waals surface area contributed by atoms with Gasteiger partial charge < -0.3 is 59.5 Å². The van der Waals surface area contributed by atoms with E-state index in [4.69, 9.17) is 121 Å². The highest BCUT2D eigenvalue weighted by Gasteiger charge is 2.35. The average Bonchev–Trinajstić information content (AvgIpc) is 1.70. The number of nitrogens with one attached hydrogen (secondary N) is 5. The number of nitrogen functional groups attached to an aromatic ring is 1. The molecular formula is C71H62Cl3F4N17O18S6. The Balaban J connectivity index is 0.000000206. The van der Waals surface area contributed by atoms with Gasteiger partial charge in [0, 0.05) is 32.5 Å². The zero-order chi connectivity index (χ0) is 86.8. The fourth-order valence-electron chi connectivity index (χ4n) is 9.03. The third-order valence-corrected chi connectivity index (χ3v) is 19.4. The Bertz CT molecular complexity index is 5260. The Morgan fingerprint density at radius 2 is 0.891 bits per heavy atom. The number of phenols is 1. The number of ether oxygens (including phenoxy) is 7. The molecular weight excluding hydrogens is 1750 g/mol. The van der Waals surface area contributed by atoms with Crippen LogP contribution in [0.1, 0.15) is 55.1 Å². The number of thioether (sulfide) groups is 3. The molecule has 3 aliphatic rings. The van der Waals surface area contributed by atoms with Crippen LogP contribution in [-0.2, 0) is 54.5 Å². The van der Waals surface area contributed by atoms with Crippen molar-refractivity contribution in [2.24, 2.45) is 0 Å². The number of aromatic amines is 4. The van der Waals surface area contributed by atoms with Crippen molar-refractivity contribution in [3.63, 3.8) is 0 Å². The molecule has 13 rings (SSSR count). The van der Waals surface area contributed by atoms with E-state index in [1.807, 2.05) is 0 Å². The summed E-state index contributed by atoms with van der Waals surface area (Å²) in [5, 5.41) is 55.1. The second-order valence-corrected chi connectivity index (χ2v) is 28.7. The van der Waals surface area contributed by atoms with Crippen molar-refractivity contribution in [1.82, 2.24) is 75.4 Å². The highest BCUT2D eigenvalue weighted by Crippen LogP contribution is 2.40. The fourth-order valence-corrected chi connectivity index (χ4v) is 13.0. The number of methoxy groups -OCH3 is 4. The second-order valence-electron chi connectivity index (χ2n) is 22.6. The predicted molar refractivity (Wildman–Crippen MR) is 440 cm³/mol. The molecule has 0 aliphatic carbocycles. The monoisotopic (exact) mass is 1810 g/mol. The third kappa shape index (κ3) is 29.0. The average molecular weight is 1820 g/mol. The quantitative estimate of drug-likeness (QED) is 0.00641. The molecule has 624 valence electrons. The number of aldehydes is 2. The molecule has 4 amide bonds. The van der Waals surface area contributed by atoms with E-state index in [0.29, 0.717) is 67.9 Å². The molecule has 4 aromatic heterocycles. The summed E-state index contributed by atoms with van der Waals surface area (Å²) in [6.07, 6.45) is 9.26. The van der Waals surface area contributed by atoms with Gasteiger partial charge in [0.2, 0.25) is 11.8 Å². The minimum Gasteiger partial charge on any atom is -0.502 e. The van der Waals surface area contributed by atoms with Crippen molar-refractivity contribution < 1.29 is 104 Å². The van der Waals surface area contributed by atoms with E-state index < -0.39 is 65.2 Å². The topological polar surface area (TPSA) is 476 Å². The van der Waals surface area contributed by atoms with Crippen LogP contribution in [-0.4, -0.2) is 206 Å². The van der Waals surface area contributed by atoms with E-state index in [2.05, 4.69) is 70.8 Å². The molecule has 3 saturated heterocycles. The van der Waals surface area contributed by atoms with Crippen molar-refractivity contribution in [2.75, 3.05) is 64.9 Å². The minimum atomic E-state index is -1.18. The number of carbonyl (C=O) groups is 8. The number of phenolic OH excluding ortho intramolecular Hbond substituents is 1. The summed E-state index contributed by atoms with van der Waals surface area (Å²) in [5.74, 6) is -4.66. The largest absolute Gasteiger partial charge is 0.502 e. The zero-order valence-electron chi connectivity index (χ0n) is 61.6. The number of thiocarbonyl (C=S) groups is 3. The molecule has 3 aliphatic heterocycles. The summed E-state index contributed by atoms with van der Waals surface area (Å²) < 4.78 is 92.6. The molecule has 0 bridgehead atoms. The second kappa shape index (κ2) is 47.1. The van der Waals surface area contributed by atoms with Gasteiger partial charge in [0.1, 0.15) is 96.1 Å². The number of aromatic hydroxyl groups is 1. The molecule has 10 N–H and O–H groups in total. The normalized spacial score (nSPS) is 13.2. The number of nitrogens with zero attached hydrogens (tertiary/aromatic N) is 11. The lowest BCUT2D eigenvalue weighted by atomic mass is 10.1. The number of halogens is 7. The summed E-state index contributed by atoms with van der Waals surface area (Å²) in [6, 6.07) is 23.7. The number of aliphatic carboxylic acids is 2. The summed E-state index contributed by atoms with van der Waals surface area (Å²) in [5.41, 5.74) is 7.64. The maximum atomic E-state index is 14.8. The number of carboxylic acid groups (broad SMARTS) is 2. The number of nitrogens with two attached hydrogens (primary N) is 1. The summed E-state index contributed by atoms with van der Waals surface area (Å²) >= 11 is 34.9. The van der Waals surface area contributed by atoms with Crippen LogP contribution in [0.3, 0.4) is 0 Å². The fraction of sp³-hybridized carbons (Fsp3) is 0.169. The Morgan fingerprint density at radius 1 is 0.529 bits per heavy atom. The molecule has 0 atom stereocenters. The van der Waals surface area contributed by atoms with Gasteiger partial charge in [0.15, 0.2) is 86.7 Å². The van der Waals surface area contributed by atoms with Gasteiger partial charge in [-0.25, -0.2) is 37.5 Å². The van der Waals surface area contributed by atoms with Gasteiger partial charge in [-0.15, -0.1) is 11.6 Å². The van der Waals surface area contributed by atoms with Gasteiger partial charge in [-0.05, 0) is 120 Å². The summed E-state index contributed by atoms with van der Waals surface area (Å²) in [4.78, 5) is 109. The Hall–Kier alpha value is -12.4. The number of benzene rings is 6. The van der Waals surface area contributed by atoms with Gasteiger partial charge in [-0.2, -0.15) is 20.4 Å². The summed E-state index contributed by atoms with van der Waals surface area (Å²) in [7, 11) is 5.37. The van der Waals surface area contributed by atoms with Crippen LogP contribution in [0.25, 0.3) is 12.2 Å². The number of rotatable bonds is 25. The first kappa shape index (κ1) is 93.8. The zero-order valence-corrected chi connectivity index (χ0v) is 68.7. The van der Waals surface area contributed by atoms with Crippen LogP contribution in [0.5, 0.6) is 46.0 Å². The van der Waals surface area contributed by atoms with Crippen molar-refractivity contribution in [1.29, 1.82) is 0 Å². The smallest absolute Gasteiger partial charge is 0.323 e. The van der Waals surface area contributed by atoms with Crippen LogP contribution in [0.15, 0.2) is 132 Å². The van der Waals surface area contributed by atoms with E-state index >= 15 is 0 Å². The molecule has 48 heteroatoms. The van der Waals surface area contributed by atoms with Crippen LogP contribution in [0.2, 0.25) is 10.0 Å². The maximum Gasteiger partial charge on any atom is 0.323 e. The standard InChI is InChI=1S/C22H17ClFN5O4S2.C16H13FN4O5S2.C11H10FN3O3.C8H7FO3.C6H6ClN.C5H5NO3S2.C3H4ClN3/c1-32-16-7-12(6-15(24)20(16)33-10-18-25-11-26-28-18)8-17-21(31)29(22(34)35-17)9-19(30)27-14-4-2-13(23)3-5-14;1-25-10-3-8(2-9(17)14(10)26-6-12-18-7-19-20-12)4-11-15(24)21(5-13(22)23)16(27)28-11;1-17-9-3-7(4-16)2-8(12)11(9)18-5-10-13-6-14-15-10;1-12-7-3-5(4-10)2-6(9)8(7)11;7-5-1-3-6(8)4-2-5;7-3-2-11-5(10)6(3)1-4(8)9;4-1-3-5-2-6-7-3/h2-8,11H,9-10H2,1H3,(H,27,30)(H,25,26,28);2-4,7H,5-6H2,1H3,(H,22,23)(H,18,19,20);2-4,6H,5H2,1H3,(H,13,14,15);2-4,11H,1H3;1-4H,8H2;1-2H2,(H,8,9);2H,1H2,(H,5,6,7)/b17-8-;11-4-;;;;;. The Morgan fingerprint density at radius 3 is 1.24 bits per heavy atom. The van der Waals surface area contributed by atoms with Crippen LogP contribution in [0, 0.1) is 23.3 Å². The van der Waals surface area contributed by atoms with Crippen molar-refractivity contribution in [2.45, 2.75) is 25.7 Å². The van der Waals surface area contributed by atoms with Gasteiger partial charge in [0.05, 0.1) is 49.9 Å². The number of hydrogen-bond donors (Lipinski definition) is 9. The van der Waals surface area contributed by atoms with Crippen LogP contribution < -0.4 is 44.2 Å². The first-order valence-corrected chi connectivity index (χ1v) is 38.0. The number of alkyl halides is 1. The summed E-state index contributed by atoms with van der Waals surface area (Å²) in [6.45, 7) is -1.17. The SMILES string of the molecule is COc1cc(/C=C2\SC(=S)N(CC(=O)Nc3ccc(Cl)cc3)C2=O)cc(F)c1OCc1ncn[nH]1.COc1cc(/C=C2\SC(=S)N(CC(=O)O)C2=O)cc(F)c1OCc1ncn[nH]1.COc1cc(C=O)cc(F)c1O.COc1cc(C=O)cc(F)c1OCc1ncn[nH]1.ClCc1ncn[nH]1.Nc1ccc(Cl)cc1.O=C(O)CN1C(=O)CSC1=S. The molecule has 0 radical (unpaired) electrons. The molecule has 10 aromatic rings. The van der Waals surface area contributed by atoms with E-state index in [0.717, 1.165) is 56.2 Å². The molecule has 0 saturated carbocycles. The molecule has 35 nitrogen and oxygen atoms in total. The number of aromatic nitrogens is 12. The van der Waals surface area contributed by atoms with Crippen LogP contribution in [0.4, 0.5) is 28.9 Å². The van der Waals surface area contributed by atoms with Crippen molar-refractivity contribution in [3.05, 3.63) is 211 Å². The number of amides is 4. The molecule has 7 heterocycles. The van der Waals surface area contributed by atoms with Crippen LogP contribution >= 0.6 is 107 Å². The molecule has 6 aromatic carbocycles. The van der Waals surface area contributed by atoms with E-state index in [1.165, 1.54) is 119 Å². The predicted octanol–water partition coefficient (Wildman–Crippen LogP) is 10.9. The molecule has 0 unspecified atom stereocenters. The lowest BCUT2D eigenvalue weighted by Crippen LogP contribution is -2.36. The number of hydrogen-bond acceptors (Lipinski definition) is 31. The molecule has 3 fully saturated rings. The van der Waals surface area contributed by atoms with E-state index in [1.54, 1.807) is 48.5 Å². The highest BCUT2D eigenvalue weighted by atomic mass is 35.5. The van der Waals surface area contributed by atoms with Crippen molar-refractivity contribution >= 4 is 191 Å². The first-order valence-electron chi connectivity index (χ1n) is 32.9. The number of carboxylic acids is 2. The Labute approximate surface area is 714 Å². The number of anilines is 2. The van der Waals surface area contributed by atoms with E-state index in [-0.39, 0.29) is 114 Å². The first-order chi connectivity index (χ1) is 57.0. The number of H-pyrrole nitrogens is 4. The highest BCUT2D eigenvalue weighted by molar-refractivity contribution is 8.27. The number of carbonyl (C=O) groups excluding carboxylic acids is 6. The molecule has 0 spiro atoms. The Kier molecular flexibility index (Phi) is 37.1. The lowest BCUT2D eigenvalue weighted by molar-refractivity contribution is -0.140. The van der Waals surface area contributed by atoms with Gasteiger partial charge in [-0.3, -0.25) is 73.5 Å². The van der Waals surface area contributed by atoms with Crippen molar-refractivity contribution in [3.8, 4) is 46.0 Å². The van der Waals surface area contributed by atoms with E-state index in [9.17, 15) is 55.9 Å². The third-order valence-electron chi connectivity index (χ3n) is 14.4. The van der Waals surface area contributed by atoms with Gasteiger partial charge in [-0.1, -0.05) is 95.1 Å². The minimum absolute atomic E-state index is 0.0215. The maximum absolute atomic E-state index is 14.8. The van der Waals surface area contributed by atoms with Gasteiger partial charge >= 0.3 is 11.9 Å².